The van der Waals surface area contributed by atoms with Crippen LogP contribution in [-0.2, 0) is 17.9 Å². The number of halogens is 2. The average molecular weight is 509 g/mol. The van der Waals surface area contributed by atoms with E-state index in [1.165, 1.54) is 18.1 Å². The lowest BCUT2D eigenvalue weighted by Crippen LogP contribution is -2.53. The zero-order chi connectivity index (χ0) is 26.5. The lowest BCUT2D eigenvalue weighted by atomic mass is 10.1. The van der Waals surface area contributed by atoms with Gasteiger partial charge in [-0.15, -0.1) is 0 Å². The van der Waals surface area contributed by atoms with Crippen LogP contribution in [0.4, 0.5) is 8.78 Å². The van der Waals surface area contributed by atoms with E-state index in [-0.39, 0.29) is 30.8 Å². The molecular formula is C27H26F2N4O4. The first-order valence-corrected chi connectivity index (χ1v) is 11.6. The number of carbonyl (C=O) groups excluding carboxylic acids is 3. The van der Waals surface area contributed by atoms with E-state index in [4.69, 9.17) is 10.5 Å². The van der Waals surface area contributed by atoms with Crippen LogP contribution in [0.1, 0.15) is 31.8 Å². The normalized spacial score (nSPS) is 15.0. The van der Waals surface area contributed by atoms with Crippen LogP contribution < -0.4 is 15.8 Å². The van der Waals surface area contributed by atoms with Crippen LogP contribution in [0.25, 0.3) is 0 Å². The smallest absolute Gasteiger partial charge is 0.264 e. The minimum atomic E-state index is -1.34. The molecule has 192 valence electrons. The van der Waals surface area contributed by atoms with Crippen molar-refractivity contribution in [1.82, 2.24) is 15.1 Å². The highest BCUT2D eigenvalue weighted by Crippen LogP contribution is 2.23. The molecule has 1 aliphatic heterocycles. The summed E-state index contributed by atoms with van der Waals surface area (Å²) in [7, 11) is 1.47. The third-order valence-electron chi connectivity index (χ3n) is 6.05. The number of methoxy groups -OCH3 is 1. The molecule has 1 aliphatic rings. The molecule has 4 rings (SSSR count). The lowest BCUT2D eigenvalue weighted by molar-refractivity contribution is -0.128. The Kier molecular flexibility index (Phi) is 7.78. The number of nitrogens with zero attached hydrogens (tertiary/aromatic N) is 2. The molecule has 0 saturated carbocycles. The van der Waals surface area contributed by atoms with E-state index >= 15 is 0 Å². The van der Waals surface area contributed by atoms with E-state index < -0.39 is 35.5 Å². The third-order valence-corrected chi connectivity index (χ3v) is 6.05. The highest BCUT2D eigenvalue weighted by Gasteiger charge is 2.43. The molecule has 0 bridgehead atoms. The Bertz CT molecular complexity index is 1310. The Morgan fingerprint density at radius 1 is 0.892 bits per heavy atom. The quantitative estimate of drug-likeness (QED) is 0.511. The average Bonchev–Trinajstić information content (AvgIpc) is 3.35. The van der Waals surface area contributed by atoms with Crippen molar-refractivity contribution in [2.45, 2.75) is 19.3 Å². The van der Waals surface area contributed by atoms with Crippen LogP contribution in [0.5, 0.6) is 5.75 Å². The van der Waals surface area contributed by atoms with Crippen molar-refractivity contribution < 1.29 is 27.9 Å². The van der Waals surface area contributed by atoms with E-state index in [1.54, 1.807) is 18.2 Å². The van der Waals surface area contributed by atoms with Crippen LogP contribution >= 0.6 is 0 Å². The van der Waals surface area contributed by atoms with Gasteiger partial charge in [-0.3, -0.25) is 14.4 Å². The number of carbonyl (C=O) groups is 3. The van der Waals surface area contributed by atoms with E-state index in [0.29, 0.717) is 18.4 Å². The van der Waals surface area contributed by atoms with Gasteiger partial charge in [-0.05, 0) is 41.5 Å². The summed E-state index contributed by atoms with van der Waals surface area (Å²) in [5.41, 5.74) is 7.36. The number of rotatable bonds is 7. The number of nitrogens with one attached hydrogen (secondary N) is 1. The summed E-state index contributed by atoms with van der Waals surface area (Å²) in [5, 5.41) is 2.77. The van der Waals surface area contributed by atoms with E-state index in [1.807, 2.05) is 24.3 Å². The van der Waals surface area contributed by atoms with Crippen molar-refractivity contribution in [3.05, 3.63) is 101 Å². The number of benzene rings is 3. The topological polar surface area (TPSA) is 105 Å². The third kappa shape index (κ3) is 5.75. The van der Waals surface area contributed by atoms with Crippen LogP contribution in [0, 0.1) is 11.6 Å². The maximum absolute atomic E-state index is 13.8. The number of nitrogens with two attached hydrogens (primary N) is 1. The summed E-state index contributed by atoms with van der Waals surface area (Å²) < 4.78 is 32.8. The maximum Gasteiger partial charge on any atom is 0.264 e. The van der Waals surface area contributed by atoms with Gasteiger partial charge in [0.15, 0.2) is 6.17 Å². The van der Waals surface area contributed by atoms with Crippen LogP contribution in [0.2, 0.25) is 0 Å². The van der Waals surface area contributed by atoms with Gasteiger partial charge >= 0.3 is 0 Å². The predicted octanol–water partition coefficient (Wildman–Crippen LogP) is 2.67. The van der Waals surface area contributed by atoms with Gasteiger partial charge in [0.2, 0.25) is 0 Å². The summed E-state index contributed by atoms with van der Waals surface area (Å²) in [6, 6.07) is 16.2. The second-order valence-corrected chi connectivity index (χ2v) is 8.50. The van der Waals surface area contributed by atoms with Crippen molar-refractivity contribution in [2.24, 2.45) is 5.73 Å². The molecule has 3 aromatic carbocycles. The molecule has 10 heteroatoms. The van der Waals surface area contributed by atoms with Gasteiger partial charge in [0.05, 0.1) is 7.11 Å². The van der Waals surface area contributed by atoms with Gasteiger partial charge in [-0.25, -0.2) is 8.78 Å². The molecule has 1 heterocycles. The summed E-state index contributed by atoms with van der Waals surface area (Å²) in [6.07, 6.45) is -1.34. The van der Waals surface area contributed by atoms with Crippen molar-refractivity contribution in [3.8, 4) is 5.75 Å². The number of hydrogen-bond acceptors (Lipinski definition) is 5. The first-order valence-electron chi connectivity index (χ1n) is 11.6. The second-order valence-electron chi connectivity index (χ2n) is 8.50. The number of ether oxygens (including phenoxy) is 1. The highest BCUT2D eigenvalue weighted by atomic mass is 19.1. The number of amides is 3. The number of hydrogen-bond donors (Lipinski definition) is 2. The monoisotopic (exact) mass is 508 g/mol. The van der Waals surface area contributed by atoms with E-state index in [0.717, 1.165) is 28.2 Å². The molecule has 1 fully saturated rings. The summed E-state index contributed by atoms with van der Waals surface area (Å²) >= 11 is 0. The molecule has 8 nitrogen and oxygen atoms in total. The lowest BCUT2D eigenvalue weighted by Gasteiger charge is -2.29. The fraction of sp³-hybridized carbons (Fsp3) is 0.222. The predicted molar refractivity (Wildman–Crippen MR) is 131 cm³/mol. The van der Waals surface area contributed by atoms with E-state index in [2.05, 4.69) is 5.32 Å². The van der Waals surface area contributed by atoms with Crippen molar-refractivity contribution in [3.63, 3.8) is 0 Å². The molecule has 37 heavy (non-hydrogen) atoms. The summed E-state index contributed by atoms with van der Waals surface area (Å²) in [5.74, 6) is -3.28. The maximum atomic E-state index is 13.8. The van der Waals surface area contributed by atoms with Crippen molar-refractivity contribution in [2.75, 3.05) is 20.2 Å². The van der Waals surface area contributed by atoms with Gasteiger partial charge in [-0.1, -0.05) is 30.3 Å². The fourth-order valence-corrected chi connectivity index (χ4v) is 4.25. The molecule has 0 radical (unpaired) electrons. The Labute approximate surface area is 212 Å². The van der Waals surface area contributed by atoms with Gasteiger partial charge < -0.3 is 25.6 Å². The molecule has 1 atom stereocenters. The molecule has 3 N–H and O–H groups in total. The Morgan fingerprint density at radius 2 is 1.51 bits per heavy atom. The fourth-order valence-electron chi connectivity index (χ4n) is 4.25. The first kappa shape index (κ1) is 25.8. The van der Waals surface area contributed by atoms with Gasteiger partial charge in [0, 0.05) is 43.4 Å². The first-order chi connectivity index (χ1) is 17.8. The van der Waals surface area contributed by atoms with Crippen LogP contribution in [-0.4, -0.2) is 53.9 Å². The van der Waals surface area contributed by atoms with E-state index in [9.17, 15) is 23.2 Å². The molecular weight excluding hydrogens is 482 g/mol. The molecule has 3 amide bonds. The van der Waals surface area contributed by atoms with Crippen molar-refractivity contribution >= 4 is 17.7 Å². The van der Waals surface area contributed by atoms with Gasteiger partial charge in [0.1, 0.15) is 17.4 Å². The Balaban J connectivity index is 1.63. The molecule has 3 aromatic rings. The van der Waals surface area contributed by atoms with Crippen molar-refractivity contribution in [1.29, 1.82) is 0 Å². The Hall–Kier alpha value is -4.31. The van der Waals surface area contributed by atoms with Crippen LogP contribution in [0.3, 0.4) is 0 Å². The second kappa shape index (κ2) is 11.2. The van der Waals surface area contributed by atoms with Gasteiger partial charge in [0.25, 0.3) is 17.7 Å². The largest absolute Gasteiger partial charge is 0.497 e. The van der Waals surface area contributed by atoms with Crippen LogP contribution in [0.15, 0.2) is 66.7 Å². The SMILES string of the molecule is COc1cccc(C(=O)N2CCN(C(=O)c3cc(F)cc(F)c3)C2C(=O)NCc2cccc(CN)c2)c1. The summed E-state index contributed by atoms with van der Waals surface area (Å²) in [6.45, 7) is 0.494. The molecule has 1 unspecified atom stereocenters. The zero-order valence-electron chi connectivity index (χ0n) is 20.1. The minimum absolute atomic E-state index is 0.00653. The van der Waals surface area contributed by atoms with Gasteiger partial charge in [-0.2, -0.15) is 0 Å². The zero-order valence-corrected chi connectivity index (χ0v) is 20.1. The summed E-state index contributed by atoms with van der Waals surface area (Å²) in [4.78, 5) is 42.5. The highest BCUT2D eigenvalue weighted by molar-refractivity contribution is 6.02. The molecule has 0 aliphatic carbocycles. The molecule has 0 aromatic heterocycles. The minimum Gasteiger partial charge on any atom is -0.497 e. The molecule has 0 spiro atoms. The Morgan fingerprint density at radius 3 is 2.16 bits per heavy atom. The standard InChI is InChI=1S/C27H26F2N4O4/c1-37-23-7-3-6-19(13-23)26(35)32-8-9-33(27(36)20-11-21(28)14-22(29)12-20)25(32)24(34)31-16-18-5-2-4-17(10-18)15-30/h2-7,10-14,25H,8-9,15-16,30H2,1H3,(H,31,34). The molecule has 1 saturated heterocycles.